The molecular formula is C133H112Ir5N10-10. The van der Waals surface area contributed by atoms with E-state index in [1.54, 1.807) is 31.0 Å². The third kappa shape index (κ3) is 39.1. The van der Waals surface area contributed by atoms with Crippen molar-refractivity contribution in [1.29, 1.82) is 0 Å². The average Bonchev–Trinajstić information content (AvgIpc) is 0.798. The Labute approximate surface area is 943 Å². The first-order valence-corrected chi connectivity index (χ1v) is 47.3. The maximum absolute atomic E-state index is 4.49. The van der Waals surface area contributed by atoms with E-state index in [0.29, 0.717) is 0 Å². The molecule has 0 saturated carbocycles. The molecule has 22 aromatic rings. The maximum atomic E-state index is 4.49. The van der Waals surface area contributed by atoms with E-state index in [9.17, 15) is 0 Å². The summed E-state index contributed by atoms with van der Waals surface area (Å²) in [4.78, 5) is 43.2. The first kappa shape index (κ1) is 119. The Kier molecular flexibility index (Phi) is 51.3. The summed E-state index contributed by atoms with van der Waals surface area (Å²) < 4.78 is 0. The van der Waals surface area contributed by atoms with Crippen molar-refractivity contribution in [3.05, 3.63) is 577 Å². The summed E-state index contributed by atoms with van der Waals surface area (Å²) in [5, 5.41) is 2.39. The molecule has 22 rings (SSSR count). The van der Waals surface area contributed by atoms with E-state index in [1.165, 1.54) is 94.2 Å². The molecule has 0 bridgehead atoms. The van der Waals surface area contributed by atoms with Gasteiger partial charge in [-0.1, -0.05) is 213 Å². The summed E-state index contributed by atoms with van der Waals surface area (Å²) in [6.45, 7) is 26.9. The molecular weight excluding hydrogens is 2700 g/mol. The fourth-order valence-electron chi connectivity index (χ4n) is 14.5. The van der Waals surface area contributed by atoms with Crippen LogP contribution < -0.4 is 0 Å². The fraction of sp³-hybridized carbons (Fsp3) is 0.0977. The van der Waals surface area contributed by atoms with Crippen LogP contribution in [0.25, 0.3) is 134 Å². The van der Waals surface area contributed by atoms with Crippen LogP contribution >= 0.6 is 0 Å². The van der Waals surface area contributed by atoms with Crippen LogP contribution in [0.5, 0.6) is 0 Å². The molecule has 0 unspecified atom stereocenters. The molecule has 0 aliphatic heterocycles. The van der Waals surface area contributed by atoms with E-state index in [1.807, 2.05) is 319 Å². The van der Waals surface area contributed by atoms with Crippen LogP contribution in [0.1, 0.15) is 72.3 Å². The number of hydrogen-bond acceptors (Lipinski definition) is 10. The molecule has 10 heterocycles. The maximum Gasteiger partial charge on any atom is 0.0190 e. The van der Waals surface area contributed by atoms with Crippen molar-refractivity contribution in [3.8, 4) is 124 Å². The van der Waals surface area contributed by atoms with Gasteiger partial charge in [-0.05, 0) is 173 Å². The van der Waals surface area contributed by atoms with Gasteiger partial charge >= 0.3 is 0 Å². The monoisotopic (exact) mass is 2810 g/mol. The summed E-state index contributed by atoms with van der Waals surface area (Å²) in [5.74, 6) is 0. The van der Waals surface area contributed by atoms with Crippen molar-refractivity contribution in [2.24, 2.45) is 0 Å². The van der Waals surface area contributed by atoms with Crippen LogP contribution in [0.3, 0.4) is 0 Å². The van der Waals surface area contributed by atoms with Gasteiger partial charge in [0.25, 0.3) is 0 Å². The van der Waals surface area contributed by atoms with Gasteiger partial charge in [0, 0.05) is 162 Å². The second-order valence-corrected chi connectivity index (χ2v) is 34.2. The molecule has 15 heteroatoms. The van der Waals surface area contributed by atoms with Crippen molar-refractivity contribution >= 4 is 10.8 Å². The number of aromatic nitrogens is 10. The Bertz CT molecular complexity index is 7120. The molecule has 0 fully saturated rings. The zero-order valence-electron chi connectivity index (χ0n) is 84.8. The minimum absolute atomic E-state index is 0. The topological polar surface area (TPSA) is 129 Å². The zero-order valence-corrected chi connectivity index (χ0v) is 96.8. The van der Waals surface area contributed by atoms with Gasteiger partial charge < -0.3 is 49.8 Å². The van der Waals surface area contributed by atoms with E-state index in [-0.39, 0.29) is 101 Å². The van der Waals surface area contributed by atoms with E-state index in [0.717, 1.165) is 113 Å². The van der Waals surface area contributed by atoms with Gasteiger partial charge in [-0.25, -0.2) is 0 Å². The van der Waals surface area contributed by atoms with Crippen molar-refractivity contribution in [2.45, 2.75) is 90.0 Å². The van der Waals surface area contributed by atoms with Crippen LogP contribution in [-0.4, -0.2) is 49.8 Å². The summed E-state index contributed by atoms with van der Waals surface area (Å²) in [6.07, 6.45) is 18.3. The molecule has 12 aromatic carbocycles. The standard InChI is InChI=1S/C19H16N.C16H12N.2C13H12N.6C12H10N.5Ir/c1-14-9-10-15(2)18(12-14)16-6-5-7-17(13-16)19-8-3-4-11-20-19;1-12-5-4-7-14(11-12)16-15-8-3-2-6-13(15)9-10-17-16;2*1-10-4-3-5-12(8-10)13-7-6-11(2)9-14-13;4*1-10-5-4-6-11(9-10)12-7-2-3-8-13-12;1-10-5-7-11(8-6-10)12-4-2-3-9-13-12;1-10-7-8-12(13-9-10)11-5-3-2-4-6-11;;;;;/h3-6,8-13H,1-2H3;2-6,8-11H,1H3;2*3-4,6-9H,1-2H3;4*2-5,7-9H,1H3;2-7,9H,1H3;2-5,7-9H,1H3;;;;;/q10*-1;;;;;. The molecule has 5 radical (unpaired) electrons. The van der Waals surface area contributed by atoms with Crippen molar-refractivity contribution in [3.63, 3.8) is 0 Å². The van der Waals surface area contributed by atoms with Gasteiger partial charge in [0.2, 0.25) is 0 Å². The number of benzene rings is 12. The number of rotatable bonds is 11. The third-order valence-corrected chi connectivity index (χ3v) is 22.0. The van der Waals surface area contributed by atoms with Gasteiger partial charge in [0.05, 0.1) is 0 Å². The second-order valence-electron chi connectivity index (χ2n) is 34.2. The van der Waals surface area contributed by atoms with Gasteiger partial charge in [0.15, 0.2) is 0 Å². The van der Waals surface area contributed by atoms with Gasteiger partial charge in [0.1, 0.15) is 0 Å². The number of aryl methyl sites for hydroxylation is 13. The molecule has 0 amide bonds. The van der Waals surface area contributed by atoms with Crippen LogP contribution in [0, 0.1) is 151 Å². The second kappa shape index (κ2) is 63.9. The van der Waals surface area contributed by atoms with E-state index in [4.69, 9.17) is 0 Å². The van der Waals surface area contributed by atoms with Crippen molar-refractivity contribution in [2.75, 3.05) is 0 Å². The molecule has 749 valence electrons. The number of hydrogen-bond donors (Lipinski definition) is 0. The minimum atomic E-state index is 0. The van der Waals surface area contributed by atoms with Crippen LogP contribution in [0.2, 0.25) is 0 Å². The summed E-state index contributed by atoms with van der Waals surface area (Å²) in [5.41, 5.74) is 38.8. The largest absolute Gasteiger partial charge is 0.305 e. The van der Waals surface area contributed by atoms with Gasteiger partial charge in [-0.15, -0.1) is 354 Å². The number of pyridine rings is 10. The predicted molar refractivity (Wildman–Crippen MR) is 590 cm³/mol. The van der Waals surface area contributed by atoms with E-state index < -0.39 is 0 Å². The number of nitrogens with zero attached hydrogens (tertiary/aromatic N) is 10. The summed E-state index contributed by atoms with van der Waals surface area (Å²) >= 11 is 0. The van der Waals surface area contributed by atoms with Gasteiger partial charge in [-0.2, -0.15) is 0 Å². The van der Waals surface area contributed by atoms with Crippen LogP contribution in [-0.2, 0) is 101 Å². The Balaban J connectivity index is 0.000000200. The first-order chi connectivity index (χ1) is 69.7. The smallest absolute Gasteiger partial charge is 0.0190 e. The average molecular weight is 2810 g/mol. The normalized spacial score (nSPS) is 9.79. The molecule has 0 spiro atoms. The summed E-state index contributed by atoms with van der Waals surface area (Å²) in [6, 6.07) is 159. The van der Waals surface area contributed by atoms with Crippen molar-refractivity contribution in [1.82, 2.24) is 49.8 Å². The fourth-order valence-corrected chi connectivity index (χ4v) is 14.5. The molecule has 10 aromatic heterocycles. The molecule has 0 aliphatic rings. The van der Waals surface area contributed by atoms with E-state index in [2.05, 4.69) is 295 Å². The van der Waals surface area contributed by atoms with Crippen LogP contribution in [0.4, 0.5) is 0 Å². The molecule has 148 heavy (non-hydrogen) atoms. The molecule has 0 aliphatic carbocycles. The Hall–Kier alpha value is -14.4. The molecule has 0 saturated heterocycles. The Morgan fingerprint density at radius 3 is 0.764 bits per heavy atom. The van der Waals surface area contributed by atoms with Crippen molar-refractivity contribution < 1.29 is 101 Å². The molecule has 10 nitrogen and oxygen atoms in total. The number of fused-ring (bicyclic) bond motifs is 1. The summed E-state index contributed by atoms with van der Waals surface area (Å²) in [7, 11) is 0. The minimum Gasteiger partial charge on any atom is -0.305 e. The molecule has 0 atom stereocenters. The van der Waals surface area contributed by atoms with Gasteiger partial charge in [-0.3, -0.25) is 0 Å². The first-order valence-electron chi connectivity index (χ1n) is 47.3. The van der Waals surface area contributed by atoms with Crippen LogP contribution in [0.15, 0.2) is 444 Å². The zero-order chi connectivity index (χ0) is 100. The predicted octanol–water partition coefficient (Wildman–Crippen LogP) is 32.3. The quantitative estimate of drug-likeness (QED) is 0.115. The third-order valence-electron chi connectivity index (χ3n) is 22.0. The SMILES string of the molecule is Cc1c[c-]c(-c2ccccn2)cc1.Cc1cc[c-]c(-c2ccccn2)c1.Cc1cc[c-]c(-c2ccccn2)c1.Cc1cc[c-]c(-c2ccccn2)c1.Cc1cc[c-]c(-c2ccccn2)c1.Cc1cc[c-]c(-c2nccc3ccccc23)c1.Cc1ccc(-c2[c-]ccc(C)c2)nc1.Cc1ccc(-c2[c-]ccc(C)c2)nc1.Cc1ccc(-c2[c-]cccc2)nc1.Cc1ccc(C)c(-c2cc[c-]c(-c3ccccn3)c2)c1.[Ir].[Ir].[Ir].[Ir].[Ir]. The Morgan fingerprint density at radius 2 is 0.446 bits per heavy atom. The Morgan fingerprint density at radius 1 is 0.169 bits per heavy atom. The molecule has 0 N–H and O–H groups in total. The van der Waals surface area contributed by atoms with E-state index >= 15 is 0 Å².